The monoisotopic (exact) mass is 551 g/mol. The minimum Gasteiger partial charge on any atom is -0.354 e. The third-order valence-electron chi connectivity index (χ3n) is 4.51. The number of sulfone groups is 1. The molecule has 1 saturated heterocycles. The molecule has 0 aromatic heterocycles. The van der Waals surface area contributed by atoms with Crippen LogP contribution in [0.5, 0.6) is 0 Å². The molecule has 1 atom stereocenters. The molecule has 9 nitrogen and oxygen atoms in total. The number of carbonyl (C=O) groups excluding carboxylic acids is 2. The number of rotatable bonds is 7. The summed E-state index contributed by atoms with van der Waals surface area (Å²) >= 11 is 0. The Kier molecular flexibility index (Phi) is 10.5. The summed E-state index contributed by atoms with van der Waals surface area (Å²) in [5, 5.41) is 9.04. The number of piperazine rings is 1. The molecule has 168 valence electrons. The zero-order valence-electron chi connectivity index (χ0n) is 17.5. The number of amides is 2. The molecule has 2 amide bonds. The zero-order valence-corrected chi connectivity index (χ0v) is 20.6. The number of halogens is 1. The lowest BCUT2D eigenvalue weighted by Crippen LogP contribution is -2.49. The topological polar surface area (TPSA) is 120 Å². The standard InChI is InChI=1S/C19H29N5O4S.HI/c1-14(8-11-29(3,27)28)23-19(20-2)22-12-15-4-6-16(7-5-15)18(26)24-10-9-21-17(25)13-24;/h4-7,14H,8-13H2,1-3H3,(H,21,25)(H2,20,22,23);1H. The highest BCUT2D eigenvalue weighted by Gasteiger charge is 2.22. The fourth-order valence-corrected chi connectivity index (χ4v) is 3.62. The Morgan fingerprint density at radius 2 is 1.97 bits per heavy atom. The number of aliphatic imine (C=N–C) groups is 1. The van der Waals surface area contributed by atoms with E-state index in [4.69, 9.17) is 0 Å². The first-order chi connectivity index (χ1) is 13.7. The second-order valence-corrected chi connectivity index (χ2v) is 9.42. The maximum absolute atomic E-state index is 12.5. The molecular formula is C19H30IN5O4S. The zero-order chi connectivity index (χ0) is 21.4. The number of benzene rings is 1. The molecule has 1 unspecified atom stereocenters. The molecule has 0 spiro atoms. The summed E-state index contributed by atoms with van der Waals surface area (Å²) in [5.41, 5.74) is 1.50. The van der Waals surface area contributed by atoms with Gasteiger partial charge in [-0.1, -0.05) is 12.1 Å². The van der Waals surface area contributed by atoms with Crippen molar-refractivity contribution in [3.05, 3.63) is 35.4 Å². The first-order valence-corrected chi connectivity index (χ1v) is 11.5. The van der Waals surface area contributed by atoms with Crippen molar-refractivity contribution in [2.75, 3.05) is 38.7 Å². The van der Waals surface area contributed by atoms with Gasteiger partial charge in [0, 0.05) is 44.5 Å². The van der Waals surface area contributed by atoms with Crippen molar-refractivity contribution < 1.29 is 18.0 Å². The van der Waals surface area contributed by atoms with E-state index in [2.05, 4.69) is 20.9 Å². The lowest BCUT2D eigenvalue weighted by Gasteiger charge is -2.26. The van der Waals surface area contributed by atoms with Crippen molar-refractivity contribution >= 4 is 51.6 Å². The van der Waals surface area contributed by atoms with Gasteiger partial charge in [0.25, 0.3) is 5.91 Å². The fraction of sp³-hybridized carbons (Fsp3) is 0.526. The van der Waals surface area contributed by atoms with Gasteiger partial charge in [0.15, 0.2) is 5.96 Å². The molecule has 1 heterocycles. The molecule has 1 aliphatic rings. The van der Waals surface area contributed by atoms with E-state index < -0.39 is 9.84 Å². The van der Waals surface area contributed by atoms with Crippen molar-refractivity contribution in [1.82, 2.24) is 20.9 Å². The Morgan fingerprint density at radius 1 is 1.30 bits per heavy atom. The van der Waals surface area contributed by atoms with E-state index in [1.165, 1.54) is 11.2 Å². The summed E-state index contributed by atoms with van der Waals surface area (Å²) in [6.07, 6.45) is 1.71. The van der Waals surface area contributed by atoms with Gasteiger partial charge in [0.05, 0.1) is 12.3 Å². The van der Waals surface area contributed by atoms with Crippen LogP contribution in [0.3, 0.4) is 0 Å². The Balaban J connectivity index is 0.00000450. The van der Waals surface area contributed by atoms with Gasteiger partial charge in [-0.3, -0.25) is 14.6 Å². The van der Waals surface area contributed by atoms with Crippen molar-refractivity contribution in [3.8, 4) is 0 Å². The third-order valence-corrected chi connectivity index (χ3v) is 5.49. The number of guanidine groups is 1. The third kappa shape index (κ3) is 8.86. The highest BCUT2D eigenvalue weighted by Crippen LogP contribution is 2.09. The summed E-state index contributed by atoms with van der Waals surface area (Å²) in [6, 6.07) is 7.15. The highest BCUT2D eigenvalue weighted by molar-refractivity contribution is 14.0. The Morgan fingerprint density at radius 3 is 2.53 bits per heavy atom. The van der Waals surface area contributed by atoms with Crippen LogP contribution in [0.1, 0.15) is 29.3 Å². The van der Waals surface area contributed by atoms with E-state index in [1.807, 2.05) is 19.1 Å². The number of nitrogens with zero attached hydrogens (tertiary/aromatic N) is 2. The second kappa shape index (κ2) is 12.1. The largest absolute Gasteiger partial charge is 0.354 e. The molecule has 0 aliphatic carbocycles. The van der Waals surface area contributed by atoms with Crippen LogP contribution in [0.2, 0.25) is 0 Å². The lowest BCUT2D eigenvalue weighted by atomic mass is 10.1. The van der Waals surface area contributed by atoms with Crippen LogP contribution in [0.15, 0.2) is 29.3 Å². The predicted octanol–water partition coefficient (Wildman–Crippen LogP) is 0.365. The molecule has 0 saturated carbocycles. The molecule has 30 heavy (non-hydrogen) atoms. The van der Waals surface area contributed by atoms with Gasteiger partial charge >= 0.3 is 0 Å². The summed E-state index contributed by atoms with van der Waals surface area (Å²) in [6.45, 7) is 3.47. The molecule has 0 bridgehead atoms. The summed E-state index contributed by atoms with van der Waals surface area (Å²) in [5.74, 6) is 0.392. The first kappa shape index (κ1) is 26.1. The lowest BCUT2D eigenvalue weighted by molar-refractivity contribution is -0.123. The van der Waals surface area contributed by atoms with E-state index in [0.717, 1.165) is 5.56 Å². The Hall–Kier alpha value is -1.89. The van der Waals surface area contributed by atoms with Crippen LogP contribution in [-0.4, -0.2) is 75.8 Å². The van der Waals surface area contributed by atoms with Crippen molar-refractivity contribution in [3.63, 3.8) is 0 Å². The fourth-order valence-electron chi connectivity index (χ4n) is 2.84. The van der Waals surface area contributed by atoms with Crippen LogP contribution in [0.25, 0.3) is 0 Å². The van der Waals surface area contributed by atoms with Gasteiger partial charge in [-0.05, 0) is 31.0 Å². The van der Waals surface area contributed by atoms with Gasteiger partial charge in [-0.2, -0.15) is 0 Å². The highest BCUT2D eigenvalue weighted by atomic mass is 127. The maximum Gasteiger partial charge on any atom is 0.254 e. The summed E-state index contributed by atoms with van der Waals surface area (Å²) < 4.78 is 22.5. The van der Waals surface area contributed by atoms with Gasteiger partial charge in [0.2, 0.25) is 5.91 Å². The second-order valence-electron chi connectivity index (χ2n) is 7.16. The normalized spacial score (nSPS) is 15.6. The van der Waals surface area contributed by atoms with Crippen molar-refractivity contribution in [2.24, 2.45) is 4.99 Å². The van der Waals surface area contributed by atoms with Crippen LogP contribution >= 0.6 is 24.0 Å². The molecule has 2 rings (SSSR count). The van der Waals surface area contributed by atoms with Crippen molar-refractivity contribution in [1.29, 1.82) is 0 Å². The smallest absolute Gasteiger partial charge is 0.254 e. The molecule has 1 aromatic carbocycles. The Bertz CT molecular complexity index is 858. The molecule has 0 radical (unpaired) electrons. The van der Waals surface area contributed by atoms with Gasteiger partial charge in [0.1, 0.15) is 9.84 Å². The maximum atomic E-state index is 12.5. The van der Waals surface area contributed by atoms with E-state index in [1.54, 1.807) is 19.2 Å². The average molecular weight is 551 g/mol. The summed E-state index contributed by atoms with van der Waals surface area (Å²) in [7, 11) is -1.34. The number of hydrogen-bond acceptors (Lipinski definition) is 5. The predicted molar refractivity (Wildman–Crippen MR) is 128 cm³/mol. The SMILES string of the molecule is CN=C(NCc1ccc(C(=O)N2CCNC(=O)C2)cc1)NC(C)CCS(C)(=O)=O.I. The van der Waals surface area contributed by atoms with Crippen LogP contribution < -0.4 is 16.0 Å². The van der Waals surface area contributed by atoms with Crippen molar-refractivity contribution in [2.45, 2.75) is 25.9 Å². The van der Waals surface area contributed by atoms with Gasteiger partial charge in [-0.25, -0.2) is 8.42 Å². The van der Waals surface area contributed by atoms with Gasteiger partial charge in [-0.15, -0.1) is 24.0 Å². The molecule has 3 N–H and O–H groups in total. The first-order valence-electron chi connectivity index (χ1n) is 9.48. The summed E-state index contributed by atoms with van der Waals surface area (Å²) in [4.78, 5) is 29.6. The number of nitrogens with one attached hydrogen (secondary N) is 3. The van der Waals surface area contributed by atoms with E-state index >= 15 is 0 Å². The minimum absolute atomic E-state index is 0. The van der Waals surface area contributed by atoms with Crippen LogP contribution in [0.4, 0.5) is 0 Å². The molecule has 11 heteroatoms. The van der Waals surface area contributed by atoms with E-state index in [0.29, 0.717) is 37.6 Å². The molecule has 1 aromatic rings. The van der Waals surface area contributed by atoms with Crippen LogP contribution in [-0.2, 0) is 21.2 Å². The van der Waals surface area contributed by atoms with Crippen LogP contribution in [0, 0.1) is 0 Å². The number of carbonyl (C=O) groups is 2. The quantitative estimate of drug-likeness (QED) is 0.256. The van der Waals surface area contributed by atoms with E-state index in [9.17, 15) is 18.0 Å². The minimum atomic E-state index is -2.99. The molecular weight excluding hydrogens is 521 g/mol. The molecule has 1 aliphatic heterocycles. The van der Waals surface area contributed by atoms with E-state index in [-0.39, 0.29) is 54.1 Å². The average Bonchev–Trinajstić information content (AvgIpc) is 2.69. The Labute approximate surface area is 195 Å². The molecule has 1 fully saturated rings. The van der Waals surface area contributed by atoms with Gasteiger partial charge < -0.3 is 20.9 Å². The number of hydrogen-bond donors (Lipinski definition) is 3.